The van der Waals surface area contributed by atoms with Crippen LogP contribution in [0.4, 0.5) is 23.4 Å². The Morgan fingerprint density at radius 1 is 1.17 bits per heavy atom. The molecule has 3 heterocycles. The zero-order chi connectivity index (χ0) is 17.0. The van der Waals surface area contributed by atoms with Crippen LogP contribution in [0.1, 0.15) is 24.8 Å². The van der Waals surface area contributed by atoms with Gasteiger partial charge in [0.2, 0.25) is 0 Å². The molecule has 1 N–H and O–H groups in total. The van der Waals surface area contributed by atoms with E-state index in [4.69, 9.17) is 0 Å². The average molecular weight is 405 g/mol. The number of hydrogen-bond acceptors (Lipinski definition) is 4. The van der Waals surface area contributed by atoms with Gasteiger partial charge in [-0.3, -0.25) is 0 Å². The van der Waals surface area contributed by atoms with Gasteiger partial charge in [-0.1, -0.05) is 0 Å². The molecule has 2 aliphatic heterocycles. The Labute approximate surface area is 143 Å². The lowest BCUT2D eigenvalue weighted by Gasteiger charge is -2.34. The third-order valence-corrected chi connectivity index (χ3v) is 5.41. The number of halogens is 5. The zero-order valence-electron chi connectivity index (χ0n) is 12.4. The zero-order valence-corrected chi connectivity index (χ0v) is 14.0. The molecule has 1 aromatic heterocycles. The summed E-state index contributed by atoms with van der Waals surface area (Å²) >= 11 is 2.81. The Kier molecular flexibility index (Phi) is 3.87. The fourth-order valence-electron chi connectivity index (χ4n) is 3.55. The largest absolute Gasteiger partial charge is 0.353 e. The number of benzene rings is 1. The van der Waals surface area contributed by atoms with Gasteiger partial charge in [0, 0.05) is 36.1 Å². The van der Waals surface area contributed by atoms with E-state index < -0.39 is 28.4 Å². The number of nitrogens with one attached hydrogen (secondary N) is 1. The van der Waals surface area contributed by atoms with Crippen molar-refractivity contribution in [3.63, 3.8) is 0 Å². The van der Waals surface area contributed by atoms with Crippen molar-refractivity contribution in [3.8, 4) is 0 Å². The highest BCUT2D eigenvalue weighted by Gasteiger charge is 2.34. The molecular weight excluding hydrogens is 392 g/mol. The van der Waals surface area contributed by atoms with Crippen molar-refractivity contribution in [1.82, 2.24) is 15.3 Å². The molecule has 0 amide bonds. The molecule has 0 aliphatic carbocycles. The SMILES string of the molecule is Fc1nc(N2CC3CCC(C2)N3)c2cc(C(F)F)c(Br)c(F)c2n1. The van der Waals surface area contributed by atoms with Gasteiger partial charge in [-0.05, 0) is 34.8 Å². The van der Waals surface area contributed by atoms with Gasteiger partial charge in [-0.25, -0.2) is 13.2 Å². The molecule has 9 heteroatoms. The first-order valence-electron chi connectivity index (χ1n) is 7.58. The Morgan fingerprint density at radius 3 is 2.46 bits per heavy atom. The molecule has 2 atom stereocenters. The second kappa shape index (κ2) is 5.80. The number of fused-ring (bicyclic) bond motifs is 3. The smallest absolute Gasteiger partial charge is 0.311 e. The van der Waals surface area contributed by atoms with Crippen molar-refractivity contribution < 1.29 is 17.6 Å². The van der Waals surface area contributed by atoms with E-state index in [1.54, 1.807) is 0 Å². The second-order valence-corrected chi connectivity index (χ2v) is 6.94. The first-order valence-corrected chi connectivity index (χ1v) is 8.37. The molecule has 2 bridgehead atoms. The highest BCUT2D eigenvalue weighted by atomic mass is 79.9. The summed E-state index contributed by atoms with van der Waals surface area (Å²) in [6.45, 7) is 1.15. The van der Waals surface area contributed by atoms with Crippen LogP contribution in [0.3, 0.4) is 0 Å². The monoisotopic (exact) mass is 404 g/mol. The predicted molar refractivity (Wildman–Crippen MR) is 84.3 cm³/mol. The number of nitrogens with zero attached hydrogens (tertiary/aromatic N) is 3. The lowest BCUT2D eigenvalue weighted by atomic mass is 10.1. The molecule has 1 aromatic carbocycles. The Morgan fingerprint density at radius 2 is 1.83 bits per heavy atom. The third-order valence-electron chi connectivity index (χ3n) is 4.60. The fraction of sp³-hybridized carbons (Fsp3) is 0.467. The summed E-state index contributed by atoms with van der Waals surface area (Å²) in [5.74, 6) is -0.826. The summed E-state index contributed by atoms with van der Waals surface area (Å²) in [5, 5.41) is 3.53. The Bertz CT molecular complexity index is 804. The van der Waals surface area contributed by atoms with E-state index in [9.17, 15) is 17.6 Å². The maximum Gasteiger partial charge on any atom is 0.311 e. The number of rotatable bonds is 2. The minimum absolute atomic E-state index is 0.105. The topological polar surface area (TPSA) is 41.1 Å². The summed E-state index contributed by atoms with van der Waals surface area (Å²) in [7, 11) is 0. The summed E-state index contributed by atoms with van der Waals surface area (Å²) in [6, 6.07) is 1.63. The van der Waals surface area contributed by atoms with E-state index in [1.165, 1.54) is 0 Å². The van der Waals surface area contributed by atoms with Gasteiger partial charge in [0.15, 0.2) is 5.82 Å². The van der Waals surface area contributed by atoms with Gasteiger partial charge in [-0.2, -0.15) is 14.4 Å². The van der Waals surface area contributed by atoms with Gasteiger partial charge < -0.3 is 10.2 Å². The summed E-state index contributed by atoms with van der Waals surface area (Å²) in [6.07, 6.45) is -1.95. The minimum Gasteiger partial charge on any atom is -0.353 e. The van der Waals surface area contributed by atoms with E-state index in [1.807, 2.05) is 4.90 Å². The van der Waals surface area contributed by atoms with E-state index in [0.29, 0.717) is 13.1 Å². The molecule has 2 aliphatic rings. The van der Waals surface area contributed by atoms with Crippen LogP contribution in [-0.4, -0.2) is 35.1 Å². The predicted octanol–water partition coefficient (Wildman–Crippen LogP) is 3.55. The molecule has 2 saturated heterocycles. The number of hydrogen-bond donors (Lipinski definition) is 1. The van der Waals surface area contributed by atoms with Crippen molar-refractivity contribution >= 4 is 32.7 Å². The van der Waals surface area contributed by atoms with Gasteiger partial charge >= 0.3 is 6.08 Å². The molecule has 24 heavy (non-hydrogen) atoms. The average Bonchev–Trinajstić information content (AvgIpc) is 2.88. The Hall–Kier alpha value is -1.48. The summed E-state index contributed by atoms with van der Waals surface area (Å²) in [5.41, 5.74) is -0.783. The number of anilines is 1. The van der Waals surface area contributed by atoms with E-state index in [2.05, 4.69) is 31.2 Å². The van der Waals surface area contributed by atoms with Crippen LogP contribution >= 0.6 is 15.9 Å². The number of aromatic nitrogens is 2. The number of piperazine rings is 1. The molecule has 4 nitrogen and oxygen atoms in total. The van der Waals surface area contributed by atoms with Gasteiger partial charge in [0.1, 0.15) is 11.3 Å². The van der Waals surface area contributed by atoms with E-state index >= 15 is 0 Å². The molecule has 128 valence electrons. The van der Waals surface area contributed by atoms with Crippen molar-refractivity contribution in [2.45, 2.75) is 31.4 Å². The van der Waals surface area contributed by atoms with Crippen LogP contribution in [0.5, 0.6) is 0 Å². The third kappa shape index (κ3) is 2.54. The van der Waals surface area contributed by atoms with Crippen molar-refractivity contribution in [3.05, 3.63) is 28.0 Å². The van der Waals surface area contributed by atoms with Crippen molar-refractivity contribution in [2.75, 3.05) is 18.0 Å². The van der Waals surface area contributed by atoms with Crippen LogP contribution in [-0.2, 0) is 0 Å². The maximum absolute atomic E-state index is 14.4. The Balaban J connectivity index is 1.91. The second-order valence-electron chi connectivity index (χ2n) is 6.15. The van der Waals surface area contributed by atoms with Crippen LogP contribution in [0.2, 0.25) is 0 Å². The van der Waals surface area contributed by atoms with Gasteiger partial charge in [0.05, 0.1) is 4.47 Å². The molecule has 0 spiro atoms. The van der Waals surface area contributed by atoms with Crippen molar-refractivity contribution in [2.24, 2.45) is 0 Å². The summed E-state index contributed by atoms with van der Waals surface area (Å²) in [4.78, 5) is 9.09. The van der Waals surface area contributed by atoms with E-state index in [-0.39, 0.29) is 28.8 Å². The molecule has 2 fully saturated rings. The van der Waals surface area contributed by atoms with Crippen LogP contribution in [0.15, 0.2) is 10.5 Å². The van der Waals surface area contributed by atoms with Crippen molar-refractivity contribution in [1.29, 1.82) is 0 Å². The highest BCUT2D eigenvalue weighted by Crippen LogP contribution is 2.37. The lowest BCUT2D eigenvalue weighted by molar-refractivity contribution is 0.150. The fourth-order valence-corrected chi connectivity index (χ4v) is 4.03. The van der Waals surface area contributed by atoms with Crippen LogP contribution < -0.4 is 10.2 Å². The minimum atomic E-state index is -2.87. The molecule has 0 saturated carbocycles. The van der Waals surface area contributed by atoms with Crippen LogP contribution in [0.25, 0.3) is 10.9 Å². The molecule has 0 radical (unpaired) electrons. The lowest BCUT2D eigenvalue weighted by Crippen LogP contribution is -2.51. The van der Waals surface area contributed by atoms with Gasteiger partial charge in [-0.15, -0.1) is 0 Å². The first kappa shape index (κ1) is 16.0. The molecular formula is C15H13BrF4N4. The van der Waals surface area contributed by atoms with Gasteiger partial charge in [0.25, 0.3) is 6.43 Å². The maximum atomic E-state index is 14.4. The first-order chi connectivity index (χ1) is 11.4. The summed E-state index contributed by atoms with van der Waals surface area (Å²) < 4.78 is 54.3. The standard InChI is InChI=1S/C15H13BrF4N4/c16-10-8(13(18)19)3-9-12(11(10)17)22-15(20)23-14(9)24-4-6-1-2-7(5-24)21-6/h3,6-7,13,21H,1-2,4-5H2. The molecule has 4 rings (SSSR count). The van der Waals surface area contributed by atoms with E-state index in [0.717, 1.165) is 18.9 Å². The highest BCUT2D eigenvalue weighted by molar-refractivity contribution is 9.10. The van der Waals surface area contributed by atoms with Crippen LogP contribution in [0, 0.1) is 11.9 Å². The number of alkyl halides is 2. The molecule has 2 aromatic rings. The normalized spacial score (nSPS) is 23.5. The molecule has 2 unspecified atom stereocenters. The quantitative estimate of drug-likeness (QED) is 0.613.